The summed E-state index contributed by atoms with van der Waals surface area (Å²) in [5.41, 5.74) is 0.0466. The van der Waals surface area contributed by atoms with Crippen molar-refractivity contribution in [2.45, 2.75) is 6.42 Å². The van der Waals surface area contributed by atoms with Gasteiger partial charge in [0.05, 0.1) is 19.8 Å². The number of hydrogen-bond donors (Lipinski definition) is 1. The van der Waals surface area contributed by atoms with E-state index < -0.39 is 5.97 Å². The minimum atomic E-state index is -1.14. The molecule has 0 spiro atoms. The van der Waals surface area contributed by atoms with Gasteiger partial charge in [-0.05, 0) is 18.6 Å². The van der Waals surface area contributed by atoms with Crippen molar-refractivity contribution in [2.24, 2.45) is 5.92 Å². The van der Waals surface area contributed by atoms with Gasteiger partial charge < -0.3 is 19.5 Å². The number of aromatic nitrogens is 1. The summed E-state index contributed by atoms with van der Waals surface area (Å²) in [4.78, 5) is 28.8. The first-order valence-corrected chi connectivity index (χ1v) is 7.18. The molecule has 1 unspecified atom stereocenters. The Labute approximate surface area is 128 Å². The molecule has 120 valence electrons. The molecule has 22 heavy (non-hydrogen) atoms. The number of carbonyl (C=O) groups excluding carboxylic acids is 1. The summed E-state index contributed by atoms with van der Waals surface area (Å²) in [7, 11) is 1.62. The molecular formula is C15H20N2O5. The molecule has 2 rings (SSSR count). The van der Waals surface area contributed by atoms with Crippen molar-refractivity contribution in [1.82, 2.24) is 9.88 Å². The molecule has 1 amide bonds. The number of carboxylic acids is 1. The number of pyridine rings is 1. The lowest BCUT2D eigenvalue weighted by Gasteiger charge is -2.16. The average Bonchev–Trinajstić information content (AvgIpc) is 3.00. The third kappa shape index (κ3) is 4.25. The van der Waals surface area contributed by atoms with Crippen LogP contribution < -0.4 is 0 Å². The summed E-state index contributed by atoms with van der Waals surface area (Å²) in [5, 5.41) is 8.93. The molecule has 2 heterocycles. The fraction of sp³-hybridized carbons (Fsp3) is 0.533. The molecular weight excluding hydrogens is 288 g/mol. The first kappa shape index (κ1) is 16.4. The van der Waals surface area contributed by atoms with Crippen LogP contribution in [0.1, 0.15) is 27.4 Å². The smallest absolute Gasteiger partial charge is 0.354 e. The Hall–Kier alpha value is -1.99. The van der Waals surface area contributed by atoms with Crippen LogP contribution in [0, 0.1) is 5.92 Å². The van der Waals surface area contributed by atoms with E-state index in [0.717, 1.165) is 6.42 Å². The summed E-state index contributed by atoms with van der Waals surface area (Å²) in [6.45, 7) is 2.93. The summed E-state index contributed by atoms with van der Waals surface area (Å²) in [6.07, 6.45) is 0.872. The third-order valence-electron chi connectivity index (χ3n) is 3.55. The fourth-order valence-corrected chi connectivity index (χ4v) is 2.38. The number of ether oxygens (including phenoxy) is 2. The quantitative estimate of drug-likeness (QED) is 0.753. The van der Waals surface area contributed by atoms with E-state index in [4.69, 9.17) is 14.6 Å². The second kappa shape index (κ2) is 7.86. The Morgan fingerprint density at radius 2 is 2.14 bits per heavy atom. The first-order valence-electron chi connectivity index (χ1n) is 7.18. The molecule has 1 aliphatic heterocycles. The lowest BCUT2D eigenvalue weighted by Crippen LogP contribution is -2.30. The molecule has 0 aromatic carbocycles. The molecule has 1 aromatic rings. The average molecular weight is 308 g/mol. The van der Waals surface area contributed by atoms with Crippen molar-refractivity contribution in [3.05, 3.63) is 29.6 Å². The summed E-state index contributed by atoms with van der Waals surface area (Å²) >= 11 is 0. The third-order valence-corrected chi connectivity index (χ3v) is 3.55. The van der Waals surface area contributed by atoms with E-state index in [9.17, 15) is 9.59 Å². The monoisotopic (exact) mass is 308 g/mol. The number of aromatic carboxylic acids is 1. The van der Waals surface area contributed by atoms with Crippen LogP contribution in [-0.4, -0.2) is 66.9 Å². The molecule has 1 saturated heterocycles. The highest BCUT2D eigenvalue weighted by atomic mass is 16.5. The van der Waals surface area contributed by atoms with E-state index in [0.29, 0.717) is 38.8 Å². The summed E-state index contributed by atoms with van der Waals surface area (Å²) in [6, 6.07) is 4.44. The lowest BCUT2D eigenvalue weighted by molar-refractivity contribution is 0.0515. The number of likely N-dealkylation sites (tertiary alicyclic amines) is 1. The number of methoxy groups -OCH3 is 1. The van der Waals surface area contributed by atoms with Crippen LogP contribution >= 0.6 is 0 Å². The Morgan fingerprint density at radius 1 is 1.36 bits per heavy atom. The highest BCUT2D eigenvalue weighted by Crippen LogP contribution is 2.18. The SMILES string of the molecule is COCCOCC1CCN(C(=O)c2cccc(C(=O)O)n2)C1. The van der Waals surface area contributed by atoms with Crippen LogP contribution in [0.2, 0.25) is 0 Å². The van der Waals surface area contributed by atoms with Gasteiger partial charge in [-0.25, -0.2) is 9.78 Å². The molecule has 0 radical (unpaired) electrons. The van der Waals surface area contributed by atoms with Gasteiger partial charge in [0, 0.05) is 26.1 Å². The normalized spacial score (nSPS) is 17.7. The molecule has 0 bridgehead atoms. The Morgan fingerprint density at radius 3 is 2.86 bits per heavy atom. The second-order valence-corrected chi connectivity index (χ2v) is 5.19. The maximum atomic E-state index is 12.4. The topological polar surface area (TPSA) is 89.0 Å². The summed E-state index contributed by atoms with van der Waals surface area (Å²) in [5.74, 6) is -1.08. The Balaban J connectivity index is 1.89. The van der Waals surface area contributed by atoms with Gasteiger partial charge in [-0.3, -0.25) is 4.79 Å². The standard InChI is InChI=1S/C15H20N2O5/c1-21-7-8-22-10-11-5-6-17(9-11)14(18)12-3-2-4-13(16-12)15(19)20/h2-4,11H,5-10H2,1H3,(H,19,20). The van der Waals surface area contributed by atoms with Crippen LogP contribution in [0.4, 0.5) is 0 Å². The number of nitrogens with zero attached hydrogens (tertiary/aromatic N) is 2. The number of hydrogen-bond acceptors (Lipinski definition) is 5. The molecule has 7 heteroatoms. The zero-order chi connectivity index (χ0) is 15.9. The first-order chi connectivity index (χ1) is 10.6. The number of carbonyl (C=O) groups is 2. The van der Waals surface area contributed by atoms with Gasteiger partial charge in [-0.1, -0.05) is 6.07 Å². The van der Waals surface area contributed by atoms with E-state index in [1.807, 2.05) is 0 Å². The van der Waals surface area contributed by atoms with Gasteiger partial charge >= 0.3 is 5.97 Å². The van der Waals surface area contributed by atoms with Gasteiger partial charge in [0.25, 0.3) is 5.91 Å². The van der Waals surface area contributed by atoms with E-state index in [1.54, 1.807) is 12.0 Å². The van der Waals surface area contributed by atoms with Crippen LogP contribution in [0.25, 0.3) is 0 Å². The van der Waals surface area contributed by atoms with Crippen molar-refractivity contribution in [3.8, 4) is 0 Å². The van der Waals surface area contributed by atoms with Crippen molar-refractivity contribution in [1.29, 1.82) is 0 Å². The molecule has 1 atom stereocenters. The van der Waals surface area contributed by atoms with Gasteiger partial charge in [0.15, 0.2) is 0 Å². The highest BCUT2D eigenvalue weighted by molar-refractivity contribution is 5.94. The van der Waals surface area contributed by atoms with Crippen molar-refractivity contribution in [3.63, 3.8) is 0 Å². The van der Waals surface area contributed by atoms with Crippen molar-refractivity contribution < 1.29 is 24.2 Å². The van der Waals surface area contributed by atoms with E-state index in [2.05, 4.69) is 4.98 Å². The van der Waals surface area contributed by atoms with E-state index >= 15 is 0 Å². The molecule has 0 aliphatic carbocycles. The number of carboxylic acid groups (broad SMARTS) is 1. The molecule has 1 aromatic heterocycles. The summed E-state index contributed by atoms with van der Waals surface area (Å²) < 4.78 is 10.4. The molecule has 1 fully saturated rings. The molecule has 1 aliphatic rings. The molecule has 7 nitrogen and oxygen atoms in total. The van der Waals surface area contributed by atoms with Gasteiger partial charge in [0.1, 0.15) is 11.4 Å². The van der Waals surface area contributed by atoms with Crippen molar-refractivity contribution in [2.75, 3.05) is 40.0 Å². The predicted molar refractivity (Wildman–Crippen MR) is 77.9 cm³/mol. The minimum absolute atomic E-state index is 0.121. The van der Waals surface area contributed by atoms with Gasteiger partial charge in [0.2, 0.25) is 0 Å². The maximum Gasteiger partial charge on any atom is 0.354 e. The van der Waals surface area contributed by atoms with Crippen LogP contribution in [-0.2, 0) is 9.47 Å². The molecule has 0 saturated carbocycles. The van der Waals surface area contributed by atoms with Gasteiger partial charge in [-0.15, -0.1) is 0 Å². The lowest BCUT2D eigenvalue weighted by atomic mass is 10.1. The van der Waals surface area contributed by atoms with Crippen LogP contribution in [0.5, 0.6) is 0 Å². The largest absolute Gasteiger partial charge is 0.477 e. The Kier molecular flexibility index (Phi) is 5.85. The number of rotatable bonds is 7. The highest BCUT2D eigenvalue weighted by Gasteiger charge is 2.28. The van der Waals surface area contributed by atoms with E-state index in [-0.39, 0.29) is 17.3 Å². The maximum absolute atomic E-state index is 12.4. The van der Waals surface area contributed by atoms with Crippen LogP contribution in [0.15, 0.2) is 18.2 Å². The minimum Gasteiger partial charge on any atom is -0.477 e. The Bertz CT molecular complexity index is 534. The zero-order valence-electron chi connectivity index (χ0n) is 12.5. The number of amides is 1. The van der Waals surface area contributed by atoms with E-state index in [1.165, 1.54) is 18.2 Å². The zero-order valence-corrected chi connectivity index (χ0v) is 12.5. The predicted octanol–water partition coefficient (Wildman–Crippen LogP) is 0.905. The second-order valence-electron chi connectivity index (χ2n) is 5.19. The van der Waals surface area contributed by atoms with Crippen LogP contribution in [0.3, 0.4) is 0 Å². The van der Waals surface area contributed by atoms with Gasteiger partial charge in [-0.2, -0.15) is 0 Å². The molecule has 1 N–H and O–H groups in total. The fourth-order valence-electron chi connectivity index (χ4n) is 2.38. The van der Waals surface area contributed by atoms with Crippen molar-refractivity contribution >= 4 is 11.9 Å².